The Morgan fingerprint density at radius 2 is 1.67 bits per heavy atom. The average molecular weight is 500 g/mol. The number of nitrogens with zero attached hydrogens (tertiary/aromatic N) is 3. The second-order valence-electron chi connectivity index (χ2n) is 6.30. The highest BCUT2D eigenvalue weighted by Gasteiger charge is 2.18. The number of benzene rings is 3. The van der Waals surface area contributed by atoms with Crippen molar-refractivity contribution in [3.05, 3.63) is 88.4 Å². The molecule has 0 saturated heterocycles. The molecule has 5 nitrogen and oxygen atoms in total. The second-order valence-corrected chi connectivity index (χ2v) is 8.57. The Kier molecular flexibility index (Phi) is 6.52. The number of thioether (sulfide) groups is 1. The molecule has 1 aromatic heterocycles. The first-order chi connectivity index (χ1) is 14.6. The van der Waals surface area contributed by atoms with Crippen LogP contribution in [0.3, 0.4) is 0 Å². The topological polar surface area (TPSA) is 59.8 Å². The van der Waals surface area contributed by atoms with Crippen molar-refractivity contribution in [2.75, 3.05) is 11.1 Å². The lowest BCUT2D eigenvalue weighted by Gasteiger charge is -2.11. The molecule has 1 amide bonds. The van der Waals surface area contributed by atoms with Crippen LogP contribution < -0.4 is 5.32 Å². The lowest BCUT2D eigenvalue weighted by Crippen LogP contribution is -2.14. The fourth-order valence-electron chi connectivity index (χ4n) is 2.85. The van der Waals surface area contributed by atoms with Gasteiger partial charge in [-0.25, -0.2) is 0 Å². The summed E-state index contributed by atoms with van der Waals surface area (Å²) in [6.07, 6.45) is 0. The van der Waals surface area contributed by atoms with Crippen LogP contribution in [-0.2, 0) is 4.79 Å². The summed E-state index contributed by atoms with van der Waals surface area (Å²) in [4.78, 5) is 12.4. The zero-order valence-electron chi connectivity index (χ0n) is 15.6. The maximum absolute atomic E-state index is 12.4. The van der Waals surface area contributed by atoms with Gasteiger partial charge in [-0.2, -0.15) is 0 Å². The van der Waals surface area contributed by atoms with Gasteiger partial charge >= 0.3 is 0 Å². The van der Waals surface area contributed by atoms with Crippen molar-refractivity contribution >= 4 is 50.9 Å². The number of aromatic nitrogens is 3. The lowest BCUT2D eigenvalue weighted by molar-refractivity contribution is -0.113. The number of hydrogen-bond donors (Lipinski definition) is 1. The molecule has 0 aliphatic heterocycles. The zero-order valence-corrected chi connectivity index (χ0v) is 18.8. The van der Waals surface area contributed by atoms with Gasteiger partial charge in [-0.05, 0) is 48.5 Å². The van der Waals surface area contributed by atoms with Crippen molar-refractivity contribution in [2.24, 2.45) is 0 Å². The number of hydrogen-bond acceptors (Lipinski definition) is 4. The molecule has 0 bridgehead atoms. The van der Waals surface area contributed by atoms with E-state index in [0.717, 1.165) is 21.4 Å². The molecule has 0 saturated carbocycles. The summed E-state index contributed by atoms with van der Waals surface area (Å²) in [6, 6.07) is 24.7. The molecule has 0 spiro atoms. The molecule has 1 N–H and O–H groups in total. The summed E-state index contributed by atoms with van der Waals surface area (Å²) in [5.41, 5.74) is 2.42. The van der Waals surface area contributed by atoms with Crippen LogP contribution in [0.4, 0.5) is 5.69 Å². The van der Waals surface area contributed by atoms with Crippen LogP contribution in [0.2, 0.25) is 5.02 Å². The van der Waals surface area contributed by atoms with Gasteiger partial charge in [-0.1, -0.05) is 69.6 Å². The summed E-state index contributed by atoms with van der Waals surface area (Å²) in [6.45, 7) is 0. The molecule has 0 fully saturated rings. The summed E-state index contributed by atoms with van der Waals surface area (Å²) in [5.74, 6) is 0.704. The molecule has 4 aromatic rings. The van der Waals surface area contributed by atoms with Gasteiger partial charge in [0.1, 0.15) is 0 Å². The quantitative estimate of drug-likeness (QED) is 0.327. The first-order valence-corrected chi connectivity index (χ1v) is 11.2. The predicted octanol–water partition coefficient (Wildman–Crippen LogP) is 6.08. The van der Waals surface area contributed by atoms with E-state index in [1.54, 1.807) is 0 Å². The average Bonchev–Trinajstić information content (AvgIpc) is 3.18. The molecular formula is C22H16BrClN4OS. The smallest absolute Gasteiger partial charge is 0.234 e. The van der Waals surface area contributed by atoms with Crippen LogP contribution in [0.25, 0.3) is 17.1 Å². The number of amides is 1. The van der Waals surface area contributed by atoms with Gasteiger partial charge in [0.25, 0.3) is 0 Å². The van der Waals surface area contributed by atoms with E-state index in [2.05, 4.69) is 31.4 Å². The summed E-state index contributed by atoms with van der Waals surface area (Å²) >= 11 is 11.1. The Morgan fingerprint density at radius 1 is 0.967 bits per heavy atom. The standard InChI is InChI=1S/C22H16BrClN4OS/c23-15-10-12-16(13-11-15)25-20(29)14-30-22-27-26-21(18-8-4-5-9-19(18)24)28(22)17-6-2-1-3-7-17/h1-13H,14H2,(H,25,29). The van der Waals surface area contributed by atoms with Gasteiger partial charge in [-0.15, -0.1) is 10.2 Å². The third-order valence-electron chi connectivity index (χ3n) is 4.22. The second kappa shape index (κ2) is 9.47. The number of nitrogens with one attached hydrogen (secondary N) is 1. The van der Waals surface area contributed by atoms with E-state index >= 15 is 0 Å². The van der Waals surface area contributed by atoms with Gasteiger partial charge in [-0.3, -0.25) is 9.36 Å². The Bertz CT molecular complexity index is 1170. The van der Waals surface area contributed by atoms with Crippen LogP contribution in [0, 0.1) is 0 Å². The maximum Gasteiger partial charge on any atom is 0.234 e. The minimum absolute atomic E-state index is 0.121. The fraction of sp³-hybridized carbons (Fsp3) is 0.0455. The molecule has 0 aliphatic rings. The van der Waals surface area contributed by atoms with Crippen molar-refractivity contribution in [3.8, 4) is 17.1 Å². The van der Waals surface area contributed by atoms with Crippen molar-refractivity contribution in [1.82, 2.24) is 14.8 Å². The Hall–Kier alpha value is -2.61. The summed E-state index contributed by atoms with van der Waals surface area (Å²) in [5, 5.41) is 12.8. The van der Waals surface area contributed by atoms with E-state index in [1.165, 1.54) is 11.8 Å². The monoisotopic (exact) mass is 498 g/mol. The summed E-state index contributed by atoms with van der Waals surface area (Å²) < 4.78 is 2.87. The predicted molar refractivity (Wildman–Crippen MR) is 125 cm³/mol. The molecule has 4 rings (SSSR count). The van der Waals surface area contributed by atoms with Crippen molar-refractivity contribution in [2.45, 2.75) is 5.16 Å². The zero-order chi connectivity index (χ0) is 20.9. The van der Waals surface area contributed by atoms with Crippen LogP contribution in [0.15, 0.2) is 88.5 Å². The maximum atomic E-state index is 12.4. The molecule has 0 aliphatic carbocycles. The van der Waals surface area contributed by atoms with Crippen LogP contribution in [0.1, 0.15) is 0 Å². The number of rotatable bonds is 6. The highest BCUT2D eigenvalue weighted by Crippen LogP contribution is 2.31. The highest BCUT2D eigenvalue weighted by atomic mass is 79.9. The Balaban J connectivity index is 1.59. The van der Waals surface area contributed by atoms with E-state index < -0.39 is 0 Å². The van der Waals surface area contributed by atoms with Gasteiger partial charge in [0, 0.05) is 21.4 Å². The molecule has 3 aromatic carbocycles. The molecule has 0 unspecified atom stereocenters. The minimum Gasteiger partial charge on any atom is -0.325 e. The fourth-order valence-corrected chi connectivity index (χ4v) is 4.09. The van der Waals surface area contributed by atoms with Gasteiger partial charge in [0.05, 0.1) is 10.8 Å². The Labute approximate surface area is 191 Å². The molecule has 1 heterocycles. The molecular weight excluding hydrogens is 484 g/mol. The van der Waals surface area contributed by atoms with E-state index in [0.29, 0.717) is 16.0 Å². The van der Waals surface area contributed by atoms with E-state index in [1.807, 2.05) is 83.4 Å². The normalized spacial score (nSPS) is 10.7. The van der Waals surface area contributed by atoms with Crippen LogP contribution in [-0.4, -0.2) is 26.4 Å². The van der Waals surface area contributed by atoms with Crippen molar-refractivity contribution < 1.29 is 4.79 Å². The SMILES string of the molecule is O=C(CSc1nnc(-c2ccccc2Cl)n1-c1ccccc1)Nc1ccc(Br)cc1. The third-order valence-corrected chi connectivity index (χ3v) is 6.01. The number of carbonyl (C=O) groups is 1. The molecule has 150 valence electrons. The first kappa shape index (κ1) is 20.7. The van der Waals surface area contributed by atoms with E-state index in [9.17, 15) is 4.79 Å². The van der Waals surface area contributed by atoms with Crippen molar-refractivity contribution in [3.63, 3.8) is 0 Å². The highest BCUT2D eigenvalue weighted by molar-refractivity contribution is 9.10. The number of anilines is 1. The van der Waals surface area contributed by atoms with Crippen molar-refractivity contribution in [1.29, 1.82) is 0 Å². The molecule has 0 radical (unpaired) electrons. The number of carbonyl (C=O) groups excluding carboxylic acids is 1. The van der Waals surface area contributed by atoms with Gasteiger partial charge < -0.3 is 5.32 Å². The van der Waals surface area contributed by atoms with Gasteiger partial charge in [0.2, 0.25) is 5.91 Å². The minimum atomic E-state index is -0.121. The third kappa shape index (κ3) is 4.75. The largest absolute Gasteiger partial charge is 0.325 e. The van der Waals surface area contributed by atoms with E-state index in [4.69, 9.17) is 11.6 Å². The number of para-hydroxylation sites is 1. The number of halogens is 2. The van der Waals surface area contributed by atoms with Gasteiger partial charge in [0.15, 0.2) is 11.0 Å². The Morgan fingerprint density at radius 3 is 2.40 bits per heavy atom. The van der Waals surface area contributed by atoms with E-state index in [-0.39, 0.29) is 11.7 Å². The lowest BCUT2D eigenvalue weighted by atomic mass is 10.2. The first-order valence-electron chi connectivity index (χ1n) is 9.06. The molecule has 8 heteroatoms. The van der Waals surface area contributed by atoms with Crippen LogP contribution >= 0.6 is 39.3 Å². The van der Waals surface area contributed by atoms with Crippen LogP contribution in [0.5, 0.6) is 0 Å². The molecule has 0 atom stereocenters. The molecule has 30 heavy (non-hydrogen) atoms. The summed E-state index contributed by atoms with van der Waals surface area (Å²) in [7, 11) is 0.